The lowest BCUT2D eigenvalue weighted by atomic mass is 9.95. The summed E-state index contributed by atoms with van der Waals surface area (Å²) >= 11 is 10.7. The number of Topliss-reactive ketones (excluding diaryl/α,β-unsaturated/α-hetero) is 1. The topological polar surface area (TPSA) is 79.7 Å². The summed E-state index contributed by atoms with van der Waals surface area (Å²) in [7, 11) is 0. The number of carbonyl (C=O) groups is 2. The SMILES string of the molecule is CCOc1ccc2nc(N3C(=O)C(=O)C(=C(O)c4ccc(Cl)cc4)C3c3cccc(Br)c3)sc2c1. The van der Waals surface area contributed by atoms with Crippen LogP contribution in [0, 0.1) is 0 Å². The first-order valence-electron chi connectivity index (χ1n) is 10.7. The van der Waals surface area contributed by atoms with Gasteiger partial charge >= 0.3 is 5.91 Å². The molecule has 1 N–H and O–H groups in total. The van der Waals surface area contributed by atoms with E-state index in [9.17, 15) is 14.7 Å². The highest BCUT2D eigenvalue weighted by molar-refractivity contribution is 9.10. The molecular weight excluding hydrogens is 552 g/mol. The highest BCUT2D eigenvalue weighted by Crippen LogP contribution is 2.45. The molecular formula is C26H18BrClN2O4S. The third-order valence-electron chi connectivity index (χ3n) is 5.59. The van der Waals surface area contributed by atoms with Crippen LogP contribution in [0.5, 0.6) is 5.75 Å². The Hall–Kier alpha value is -3.20. The van der Waals surface area contributed by atoms with Gasteiger partial charge in [0.15, 0.2) is 5.13 Å². The number of aromatic nitrogens is 1. The van der Waals surface area contributed by atoms with E-state index in [1.165, 1.54) is 16.2 Å². The van der Waals surface area contributed by atoms with Gasteiger partial charge in [-0.3, -0.25) is 14.5 Å². The maximum Gasteiger partial charge on any atom is 0.301 e. The van der Waals surface area contributed by atoms with Crippen molar-refractivity contribution in [2.75, 3.05) is 11.5 Å². The Morgan fingerprint density at radius 2 is 1.91 bits per heavy atom. The van der Waals surface area contributed by atoms with Gasteiger partial charge in [0.2, 0.25) is 0 Å². The number of ketones is 1. The number of benzene rings is 3. The predicted molar refractivity (Wildman–Crippen MR) is 141 cm³/mol. The second-order valence-corrected chi connectivity index (χ2v) is 10.2. The molecule has 0 radical (unpaired) electrons. The molecule has 5 rings (SSSR count). The summed E-state index contributed by atoms with van der Waals surface area (Å²) in [6, 6.07) is 18.4. The van der Waals surface area contributed by atoms with Crippen LogP contribution in [-0.4, -0.2) is 28.4 Å². The molecule has 6 nitrogen and oxygen atoms in total. The number of ether oxygens (including phenoxy) is 1. The highest BCUT2D eigenvalue weighted by atomic mass is 79.9. The summed E-state index contributed by atoms with van der Waals surface area (Å²) in [4.78, 5) is 32.7. The molecule has 0 bridgehead atoms. The minimum absolute atomic E-state index is 0.00955. The molecule has 4 aromatic rings. The number of anilines is 1. The van der Waals surface area contributed by atoms with Gasteiger partial charge in [0, 0.05) is 15.1 Å². The Morgan fingerprint density at radius 1 is 1.14 bits per heavy atom. The smallest absolute Gasteiger partial charge is 0.301 e. The van der Waals surface area contributed by atoms with Crippen LogP contribution in [-0.2, 0) is 9.59 Å². The number of aliphatic hydroxyl groups excluding tert-OH is 1. The number of amides is 1. The lowest BCUT2D eigenvalue weighted by Gasteiger charge is -2.23. The zero-order valence-corrected chi connectivity index (χ0v) is 21.5. The molecule has 35 heavy (non-hydrogen) atoms. The molecule has 0 aliphatic carbocycles. The van der Waals surface area contributed by atoms with Crippen LogP contribution < -0.4 is 9.64 Å². The molecule has 9 heteroatoms. The van der Waals surface area contributed by atoms with Crippen molar-refractivity contribution < 1.29 is 19.4 Å². The number of nitrogens with zero attached hydrogens (tertiary/aromatic N) is 2. The number of hydrogen-bond acceptors (Lipinski definition) is 6. The zero-order valence-electron chi connectivity index (χ0n) is 18.4. The molecule has 1 aliphatic rings. The van der Waals surface area contributed by atoms with Gasteiger partial charge in [-0.25, -0.2) is 4.98 Å². The van der Waals surface area contributed by atoms with Crippen LogP contribution >= 0.6 is 38.9 Å². The van der Waals surface area contributed by atoms with E-state index in [0.717, 1.165) is 9.17 Å². The molecule has 0 saturated carbocycles. The summed E-state index contributed by atoms with van der Waals surface area (Å²) in [6.07, 6.45) is 0. The number of thiazole rings is 1. The molecule has 1 aliphatic heterocycles. The second kappa shape index (κ2) is 9.45. The molecule has 176 valence electrons. The zero-order chi connectivity index (χ0) is 24.7. The van der Waals surface area contributed by atoms with Crippen molar-refractivity contribution in [3.8, 4) is 5.75 Å². The summed E-state index contributed by atoms with van der Waals surface area (Å²) in [5.41, 5.74) is 1.71. The fourth-order valence-electron chi connectivity index (χ4n) is 4.04. The Kier molecular flexibility index (Phi) is 6.35. The number of rotatable bonds is 5. The van der Waals surface area contributed by atoms with Crippen LogP contribution in [0.2, 0.25) is 5.02 Å². The lowest BCUT2D eigenvalue weighted by molar-refractivity contribution is -0.132. The molecule has 1 amide bonds. The fraction of sp³-hybridized carbons (Fsp3) is 0.115. The largest absolute Gasteiger partial charge is 0.507 e. The third-order valence-corrected chi connectivity index (χ3v) is 7.35. The fourth-order valence-corrected chi connectivity index (χ4v) is 5.60. The van der Waals surface area contributed by atoms with Crippen LogP contribution in [0.25, 0.3) is 16.0 Å². The standard InChI is InChI=1S/C26H18BrClN2O4S/c1-2-34-18-10-11-19-20(13-18)35-26(29-19)30-22(15-4-3-5-16(27)12-15)21(24(32)25(30)33)23(31)14-6-8-17(28)9-7-14/h3-13,22,31H,2H2,1H3. The molecule has 1 fully saturated rings. The van der Waals surface area contributed by atoms with E-state index in [2.05, 4.69) is 20.9 Å². The van der Waals surface area contributed by atoms with Gasteiger partial charge in [-0.05, 0) is 67.1 Å². The van der Waals surface area contributed by atoms with Gasteiger partial charge in [0.05, 0.1) is 28.4 Å². The number of aliphatic hydroxyl groups is 1. The van der Waals surface area contributed by atoms with Gasteiger partial charge in [0.25, 0.3) is 5.78 Å². The van der Waals surface area contributed by atoms with E-state index in [-0.39, 0.29) is 11.3 Å². The van der Waals surface area contributed by atoms with E-state index in [0.29, 0.717) is 39.2 Å². The number of halogens is 2. The maximum atomic E-state index is 13.4. The van der Waals surface area contributed by atoms with Gasteiger partial charge in [-0.1, -0.05) is 51.0 Å². The van der Waals surface area contributed by atoms with Gasteiger partial charge in [-0.15, -0.1) is 0 Å². The Morgan fingerprint density at radius 3 is 2.63 bits per heavy atom. The Bertz CT molecular complexity index is 1500. The van der Waals surface area contributed by atoms with Crippen molar-refractivity contribution in [1.82, 2.24) is 4.98 Å². The molecule has 0 spiro atoms. The van der Waals surface area contributed by atoms with Crippen molar-refractivity contribution in [3.63, 3.8) is 0 Å². The molecule has 3 aromatic carbocycles. The van der Waals surface area contributed by atoms with Crippen LogP contribution in [0.4, 0.5) is 5.13 Å². The lowest BCUT2D eigenvalue weighted by Crippen LogP contribution is -2.29. The van der Waals surface area contributed by atoms with Crippen molar-refractivity contribution in [2.24, 2.45) is 0 Å². The highest BCUT2D eigenvalue weighted by Gasteiger charge is 2.48. The minimum atomic E-state index is -0.866. The van der Waals surface area contributed by atoms with E-state index in [1.54, 1.807) is 24.3 Å². The van der Waals surface area contributed by atoms with Crippen LogP contribution in [0.1, 0.15) is 24.1 Å². The van der Waals surface area contributed by atoms with E-state index < -0.39 is 17.7 Å². The summed E-state index contributed by atoms with van der Waals surface area (Å²) in [6.45, 7) is 2.43. The predicted octanol–water partition coefficient (Wildman–Crippen LogP) is 6.74. The average molecular weight is 570 g/mol. The Labute approximate surface area is 218 Å². The normalized spacial score (nSPS) is 17.3. The minimum Gasteiger partial charge on any atom is -0.507 e. The summed E-state index contributed by atoms with van der Waals surface area (Å²) in [5, 5.41) is 12.0. The number of carbonyl (C=O) groups excluding carboxylic acids is 2. The number of hydrogen-bond donors (Lipinski definition) is 1. The second-order valence-electron chi connectivity index (χ2n) is 7.79. The van der Waals surface area contributed by atoms with E-state index in [4.69, 9.17) is 16.3 Å². The van der Waals surface area contributed by atoms with E-state index >= 15 is 0 Å². The van der Waals surface area contributed by atoms with Crippen molar-refractivity contribution >= 4 is 71.7 Å². The quantitative estimate of drug-likeness (QED) is 0.164. The van der Waals surface area contributed by atoms with Gasteiger partial charge in [0.1, 0.15) is 11.5 Å². The summed E-state index contributed by atoms with van der Waals surface area (Å²) < 4.78 is 7.18. The molecule has 1 saturated heterocycles. The monoisotopic (exact) mass is 568 g/mol. The molecule has 1 atom stereocenters. The Balaban J connectivity index is 1.70. The molecule has 1 unspecified atom stereocenters. The van der Waals surface area contributed by atoms with Crippen molar-refractivity contribution in [1.29, 1.82) is 0 Å². The molecule has 2 heterocycles. The van der Waals surface area contributed by atoms with Crippen molar-refractivity contribution in [3.05, 3.63) is 92.9 Å². The average Bonchev–Trinajstić information content (AvgIpc) is 3.37. The third kappa shape index (κ3) is 4.33. The van der Waals surface area contributed by atoms with Crippen LogP contribution in [0.3, 0.4) is 0 Å². The van der Waals surface area contributed by atoms with E-state index in [1.807, 2.05) is 49.4 Å². The van der Waals surface area contributed by atoms with Gasteiger partial charge in [-0.2, -0.15) is 0 Å². The summed E-state index contributed by atoms with van der Waals surface area (Å²) in [5.74, 6) is -1.11. The first kappa shape index (κ1) is 23.5. The maximum absolute atomic E-state index is 13.4. The molecule has 1 aromatic heterocycles. The number of fused-ring (bicyclic) bond motifs is 1. The van der Waals surface area contributed by atoms with Crippen LogP contribution in [0.15, 0.2) is 76.8 Å². The first-order valence-corrected chi connectivity index (χ1v) is 12.7. The van der Waals surface area contributed by atoms with Crippen molar-refractivity contribution in [2.45, 2.75) is 13.0 Å². The van der Waals surface area contributed by atoms with Gasteiger partial charge < -0.3 is 9.84 Å². The first-order chi connectivity index (χ1) is 16.9.